The SMILES string of the molecule is CCN(C#N)C(=O)C(Cc1ccccc1)NC(=O)NCc1ccccc1F. The molecule has 2 aromatic carbocycles. The molecule has 27 heavy (non-hydrogen) atoms. The average Bonchev–Trinajstić information content (AvgIpc) is 2.68. The quantitative estimate of drug-likeness (QED) is 0.582. The minimum absolute atomic E-state index is 0.0134. The van der Waals surface area contributed by atoms with Crippen LogP contribution in [0.25, 0.3) is 0 Å². The number of nitrogens with zero attached hydrogens (tertiary/aromatic N) is 2. The molecule has 6 nitrogen and oxygen atoms in total. The Bertz CT molecular complexity index is 820. The van der Waals surface area contributed by atoms with E-state index in [1.54, 1.807) is 25.1 Å². The Labute approximate surface area is 157 Å². The Balaban J connectivity index is 2.06. The third kappa shape index (κ3) is 5.82. The fourth-order valence-electron chi connectivity index (χ4n) is 2.54. The second kappa shape index (κ2) is 9.92. The molecule has 0 aromatic heterocycles. The molecular weight excluding hydrogens is 347 g/mol. The van der Waals surface area contributed by atoms with Crippen LogP contribution >= 0.6 is 0 Å². The van der Waals surface area contributed by atoms with Crippen molar-refractivity contribution in [1.29, 1.82) is 5.26 Å². The van der Waals surface area contributed by atoms with Gasteiger partial charge in [-0.2, -0.15) is 5.26 Å². The molecule has 0 fully saturated rings. The number of carbonyl (C=O) groups excluding carboxylic acids is 2. The van der Waals surface area contributed by atoms with Crippen LogP contribution in [0.5, 0.6) is 0 Å². The molecule has 7 heteroatoms. The molecule has 0 spiro atoms. The highest BCUT2D eigenvalue weighted by atomic mass is 19.1. The maximum atomic E-state index is 13.6. The van der Waals surface area contributed by atoms with Gasteiger partial charge in [0.25, 0.3) is 5.91 Å². The van der Waals surface area contributed by atoms with E-state index in [9.17, 15) is 14.0 Å². The maximum absolute atomic E-state index is 13.6. The summed E-state index contributed by atoms with van der Waals surface area (Å²) in [5, 5.41) is 14.2. The van der Waals surface area contributed by atoms with Gasteiger partial charge >= 0.3 is 6.03 Å². The molecule has 0 heterocycles. The Hall–Kier alpha value is -3.40. The number of carbonyl (C=O) groups is 2. The summed E-state index contributed by atoms with van der Waals surface area (Å²) in [5.74, 6) is -0.916. The molecule has 3 amide bonds. The molecule has 1 atom stereocenters. The lowest BCUT2D eigenvalue weighted by Gasteiger charge is -2.22. The van der Waals surface area contributed by atoms with Crippen molar-refractivity contribution in [3.05, 3.63) is 71.5 Å². The first-order chi connectivity index (χ1) is 13.0. The molecule has 0 bridgehead atoms. The third-order valence-electron chi connectivity index (χ3n) is 3.99. The van der Waals surface area contributed by atoms with Crippen molar-refractivity contribution in [2.45, 2.75) is 25.9 Å². The van der Waals surface area contributed by atoms with Crippen LogP contribution in [0.15, 0.2) is 54.6 Å². The summed E-state index contributed by atoms with van der Waals surface area (Å²) in [6.45, 7) is 1.87. The predicted octanol–water partition coefficient (Wildman–Crippen LogP) is 2.57. The van der Waals surface area contributed by atoms with Gasteiger partial charge in [0.2, 0.25) is 0 Å². The van der Waals surface area contributed by atoms with E-state index in [-0.39, 0.29) is 19.5 Å². The summed E-state index contributed by atoms with van der Waals surface area (Å²) in [4.78, 5) is 25.8. The molecule has 2 N–H and O–H groups in total. The number of halogens is 1. The van der Waals surface area contributed by atoms with E-state index in [1.165, 1.54) is 6.07 Å². The Morgan fingerprint density at radius 3 is 2.44 bits per heavy atom. The van der Waals surface area contributed by atoms with Crippen LogP contribution in [0, 0.1) is 17.3 Å². The van der Waals surface area contributed by atoms with E-state index in [0.717, 1.165) is 10.5 Å². The van der Waals surface area contributed by atoms with Gasteiger partial charge in [-0.3, -0.25) is 4.79 Å². The van der Waals surface area contributed by atoms with Crippen LogP contribution in [0.3, 0.4) is 0 Å². The summed E-state index contributed by atoms with van der Waals surface area (Å²) >= 11 is 0. The fraction of sp³-hybridized carbons (Fsp3) is 0.250. The predicted molar refractivity (Wildman–Crippen MR) is 98.7 cm³/mol. The van der Waals surface area contributed by atoms with Crippen molar-refractivity contribution in [2.24, 2.45) is 0 Å². The molecular formula is C20H21FN4O2. The van der Waals surface area contributed by atoms with Crippen LogP contribution in [0.4, 0.5) is 9.18 Å². The average molecular weight is 368 g/mol. The molecule has 0 aliphatic carbocycles. The van der Waals surface area contributed by atoms with Crippen LogP contribution in [0.1, 0.15) is 18.1 Å². The second-order valence-corrected chi connectivity index (χ2v) is 5.84. The molecule has 0 saturated heterocycles. The van der Waals surface area contributed by atoms with Crippen molar-refractivity contribution in [3.63, 3.8) is 0 Å². The van der Waals surface area contributed by atoms with Gasteiger partial charge in [-0.25, -0.2) is 14.1 Å². The van der Waals surface area contributed by atoms with E-state index in [0.29, 0.717) is 5.56 Å². The minimum Gasteiger partial charge on any atom is -0.334 e. The fourth-order valence-corrected chi connectivity index (χ4v) is 2.54. The Kier molecular flexibility index (Phi) is 7.32. The molecule has 0 radical (unpaired) electrons. The number of rotatable bonds is 7. The van der Waals surface area contributed by atoms with Crippen LogP contribution < -0.4 is 10.6 Å². The van der Waals surface area contributed by atoms with E-state index in [4.69, 9.17) is 5.26 Å². The first kappa shape index (κ1) is 19.9. The number of likely N-dealkylation sites (N-methyl/N-ethyl adjacent to an activating group) is 1. The molecule has 1 unspecified atom stereocenters. The number of hydrogen-bond acceptors (Lipinski definition) is 3. The number of hydrogen-bond donors (Lipinski definition) is 2. The monoisotopic (exact) mass is 368 g/mol. The normalized spacial score (nSPS) is 11.1. The Morgan fingerprint density at radius 2 is 1.81 bits per heavy atom. The largest absolute Gasteiger partial charge is 0.334 e. The van der Waals surface area contributed by atoms with Crippen LogP contribution in [-0.4, -0.2) is 29.4 Å². The van der Waals surface area contributed by atoms with E-state index in [1.807, 2.05) is 36.5 Å². The highest BCUT2D eigenvalue weighted by molar-refractivity contribution is 5.88. The van der Waals surface area contributed by atoms with Gasteiger partial charge in [0.1, 0.15) is 11.9 Å². The number of urea groups is 1. The summed E-state index contributed by atoms with van der Waals surface area (Å²) in [7, 11) is 0. The standard InChI is InChI=1S/C20H21FN4O2/c1-2-25(14-22)19(26)18(12-15-8-4-3-5-9-15)24-20(27)23-13-16-10-6-7-11-17(16)21/h3-11,18H,2,12-13H2,1H3,(H2,23,24,27). The van der Waals surface area contributed by atoms with Gasteiger partial charge in [-0.1, -0.05) is 48.5 Å². The van der Waals surface area contributed by atoms with E-state index >= 15 is 0 Å². The van der Waals surface area contributed by atoms with Crippen molar-refractivity contribution in [1.82, 2.24) is 15.5 Å². The smallest absolute Gasteiger partial charge is 0.315 e. The summed E-state index contributed by atoms with van der Waals surface area (Å²) in [6.07, 6.45) is 2.06. The first-order valence-corrected chi connectivity index (χ1v) is 8.58. The first-order valence-electron chi connectivity index (χ1n) is 8.58. The van der Waals surface area contributed by atoms with Crippen LogP contribution in [0.2, 0.25) is 0 Å². The lowest BCUT2D eigenvalue weighted by molar-refractivity contribution is -0.129. The Morgan fingerprint density at radius 1 is 1.15 bits per heavy atom. The van der Waals surface area contributed by atoms with Crippen molar-refractivity contribution in [3.8, 4) is 6.19 Å². The second-order valence-electron chi connectivity index (χ2n) is 5.84. The third-order valence-corrected chi connectivity index (χ3v) is 3.99. The molecule has 2 rings (SSSR count). The summed E-state index contributed by atoms with van der Waals surface area (Å²) in [6, 6.07) is 13.8. The number of nitrogens with one attached hydrogen (secondary N) is 2. The summed E-state index contributed by atoms with van der Waals surface area (Å²) in [5.41, 5.74) is 1.19. The van der Waals surface area contributed by atoms with E-state index in [2.05, 4.69) is 10.6 Å². The lowest BCUT2D eigenvalue weighted by atomic mass is 10.0. The van der Waals surface area contributed by atoms with Crippen molar-refractivity contribution < 1.29 is 14.0 Å². The van der Waals surface area contributed by atoms with Gasteiger partial charge in [-0.05, 0) is 18.6 Å². The molecule has 0 saturated carbocycles. The summed E-state index contributed by atoms with van der Waals surface area (Å²) < 4.78 is 13.6. The van der Waals surface area contributed by atoms with Gasteiger partial charge in [0.15, 0.2) is 6.19 Å². The maximum Gasteiger partial charge on any atom is 0.315 e. The topological polar surface area (TPSA) is 85.2 Å². The number of nitriles is 1. The van der Waals surface area contributed by atoms with Gasteiger partial charge in [-0.15, -0.1) is 0 Å². The van der Waals surface area contributed by atoms with Crippen molar-refractivity contribution >= 4 is 11.9 Å². The number of amides is 3. The highest BCUT2D eigenvalue weighted by Crippen LogP contribution is 2.07. The zero-order valence-electron chi connectivity index (χ0n) is 15.0. The molecule has 0 aliphatic rings. The van der Waals surface area contributed by atoms with Crippen molar-refractivity contribution in [2.75, 3.05) is 6.54 Å². The lowest BCUT2D eigenvalue weighted by Crippen LogP contribution is -2.51. The van der Waals surface area contributed by atoms with Gasteiger partial charge < -0.3 is 10.6 Å². The highest BCUT2D eigenvalue weighted by Gasteiger charge is 2.25. The van der Waals surface area contributed by atoms with E-state index < -0.39 is 23.8 Å². The van der Waals surface area contributed by atoms with Gasteiger partial charge in [0, 0.05) is 25.1 Å². The molecule has 140 valence electrons. The number of benzene rings is 2. The molecule has 0 aliphatic heterocycles. The molecule has 2 aromatic rings. The zero-order chi connectivity index (χ0) is 19.6. The van der Waals surface area contributed by atoms with Crippen LogP contribution in [-0.2, 0) is 17.8 Å². The minimum atomic E-state index is -0.910. The van der Waals surface area contributed by atoms with Gasteiger partial charge in [0.05, 0.1) is 0 Å². The zero-order valence-corrected chi connectivity index (χ0v) is 15.0.